The van der Waals surface area contributed by atoms with Crippen LogP contribution in [0.15, 0.2) is 0 Å². The third-order valence-corrected chi connectivity index (χ3v) is 6.58. The number of piperidine rings is 1. The van der Waals surface area contributed by atoms with E-state index in [-0.39, 0.29) is 11.8 Å². The molecule has 5 fully saturated rings. The van der Waals surface area contributed by atoms with Crippen molar-refractivity contribution in [3.63, 3.8) is 0 Å². The minimum atomic E-state index is -0.813. The Morgan fingerprint density at radius 2 is 1.52 bits per heavy atom. The second-order valence-electron chi connectivity index (χ2n) is 7.84. The highest BCUT2D eigenvalue weighted by Crippen LogP contribution is 2.57. The molecule has 1 amide bonds. The van der Waals surface area contributed by atoms with Gasteiger partial charge in [0.2, 0.25) is 5.91 Å². The van der Waals surface area contributed by atoms with Crippen LogP contribution in [0.5, 0.6) is 0 Å². The molecule has 21 heavy (non-hydrogen) atoms. The molecule has 5 rings (SSSR count). The quantitative estimate of drug-likeness (QED) is 0.850. The summed E-state index contributed by atoms with van der Waals surface area (Å²) in [5, 5.41) is 9.41. The minimum Gasteiger partial charge on any atom is -0.480 e. The zero-order chi connectivity index (χ0) is 14.6. The Morgan fingerprint density at radius 3 is 2.10 bits per heavy atom. The molecule has 4 heteroatoms. The van der Waals surface area contributed by atoms with Gasteiger partial charge in [-0.25, -0.2) is 4.79 Å². The first kappa shape index (κ1) is 13.6. The molecular weight excluding hydrogens is 266 g/mol. The van der Waals surface area contributed by atoms with Gasteiger partial charge in [0, 0.05) is 12.5 Å². The fourth-order valence-electron chi connectivity index (χ4n) is 5.97. The van der Waals surface area contributed by atoms with Crippen molar-refractivity contribution in [3.8, 4) is 0 Å². The Morgan fingerprint density at radius 1 is 0.905 bits per heavy atom. The summed E-state index contributed by atoms with van der Waals surface area (Å²) in [5.74, 6) is 2.30. The molecule has 1 saturated heterocycles. The third-order valence-electron chi connectivity index (χ3n) is 6.58. The van der Waals surface area contributed by atoms with E-state index < -0.39 is 12.0 Å². The van der Waals surface area contributed by atoms with Gasteiger partial charge in [0.1, 0.15) is 6.04 Å². The van der Waals surface area contributed by atoms with E-state index in [4.69, 9.17) is 0 Å². The normalized spacial score (nSPS) is 44.9. The molecule has 1 N–H and O–H groups in total. The van der Waals surface area contributed by atoms with Crippen LogP contribution in [-0.4, -0.2) is 34.5 Å². The van der Waals surface area contributed by atoms with Crippen molar-refractivity contribution in [2.24, 2.45) is 29.6 Å². The van der Waals surface area contributed by atoms with Gasteiger partial charge in [-0.15, -0.1) is 0 Å². The van der Waals surface area contributed by atoms with Gasteiger partial charge in [0.15, 0.2) is 0 Å². The minimum absolute atomic E-state index is 0.137. The van der Waals surface area contributed by atoms with E-state index >= 15 is 0 Å². The lowest BCUT2D eigenvalue weighted by molar-refractivity contribution is -0.161. The third kappa shape index (κ3) is 2.18. The number of rotatable bonds is 2. The predicted octanol–water partition coefficient (Wildman–Crippen LogP) is 2.52. The molecule has 1 atom stereocenters. The van der Waals surface area contributed by atoms with Crippen molar-refractivity contribution in [3.05, 3.63) is 0 Å². The van der Waals surface area contributed by atoms with Crippen LogP contribution in [0.2, 0.25) is 0 Å². The van der Waals surface area contributed by atoms with Crippen LogP contribution in [0.4, 0.5) is 0 Å². The van der Waals surface area contributed by atoms with Crippen molar-refractivity contribution in [2.45, 2.75) is 57.4 Å². The van der Waals surface area contributed by atoms with Crippen molar-refractivity contribution in [2.75, 3.05) is 6.54 Å². The molecule has 1 heterocycles. The fourth-order valence-corrected chi connectivity index (χ4v) is 5.97. The van der Waals surface area contributed by atoms with Gasteiger partial charge in [-0.05, 0) is 75.0 Å². The zero-order valence-corrected chi connectivity index (χ0v) is 12.5. The van der Waals surface area contributed by atoms with Gasteiger partial charge in [0.05, 0.1) is 0 Å². The highest BCUT2D eigenvalue weighted by Gasteiger charge is 2.52. The zero-order valence-electron chi connectivity index (χ0n) is 12.5. The number of nitrogens with zero attached hydrogens (tertiary/aromatic N) is 1. The van der Waals surface area contributed by atoms with Gasteiger partial charge in [-0.1, -0.05) is 0 Å². The number of hydrogen-bond acceptors (Lipinski definition) is 2. The Balaban J connectivity index is 1.55. The molecule has 1 unspecified atom stereocenters. The summed E-state index contributed by atoms with van der Waals surface area (Å²) in [6, 6.07) is -0.566. The predicted molar refractivity (Wildman–Crippen MR) is 77.5 cm³/mol. The molecule has 0 radical (unpaired) electrons. The van der Waals surface area contributed by atoms with Gasteiger partial charge < -0.3 is 10.0 Å². The molecular formula is C17H25NO3. The number of carboxylic acids is 1. The summed E-state index contributed by atoms with van der Waals surface area (Å²) in [6.45, 7) is 0.651. The van der Waals surface area contributed by atoms with E-state index in [1.54, 1.807) is 4.90 Å². The SMILES string of the molecule is O=C(O)C1CCCCN1C(=O)C1C2CC3CC(C2)CC1C3. The van der Waals surface area contributed by atoms with Gasteiger partial charge in [0.25, 0.3) is 0 Å². The number of likely N-dealkylation sites (tertiary alicyclic amines) is 1. The second-order valence-corrected chi connectivity index (χ2v) is 7.84. The Hall–Kier alpha value is -1.06. The number of carbonyl (C=O) groups is 2. The maximum Gasteiger partial charge on any atom is 0.326 e. The van der Waals surface area contributed by atoms with Crippen LogP contribution >= 0.6 is 0 Å². The lowest BCUT2D eigenvalue weighted by atomic mass is 9.51. The van der Waals surface area contributed by atoms with E-state index in [0.29, 0.717) is 24.8 Å². The number of hydrogen-bond donors (Lipinski definition) is 1. The molecule has 0 aromatic rings. The first-order valence-electron chi connectivity index (χ1n) is 8.66. The van der Waals surface area contributed by atoms with Crippen molar-refractivity contribution < 1.29 is 14.7 Å². The summed E-state index contributed by atoms with van der Waals surface area (Å²) in [7, 11) is 0. The number of aliphatic carboxylic acids is 1. The van der Waals surface area contributed by atoms with Gasteiger partial charge in [-0.2, -0.15) is 0 Å². The van der Waals surface area contributed by atoms with Crippen LogP contribution in [0.1, 0.15) is 51.4 Å². The Labute approximate surface area is 125 Å². The number of amides is 1. The van der Waals surface area contributed by atoms with Crippen molar-refractivity contribution in [1.29, 1.82) is 0 Å². The summed E-state index contributed by atoms with van der Waals surface area (Å²) in [5.41, 5.74) is 0. The molecule has 116 valence electrons. The Kier molecular flexibility index (Phi) is 3.23. The highest BCUT2D eigenvalue weighted by molar-refractivity contribution is 5.86. The molecule has 4 nitrogen and oxygen atoms in total. The lowest BCUT2D eigenvalue weighted by Gasteiger charge is -2.54. The summed E-state index contributed by atoms with van der Waals surface area (Å²) in [4.78, 5) is 26.3. The summed E-state index contributed by atoms with van der Waals surface area (Å²) < 4.78 is 0. The standard InChI is InChI=1S/C17H25NO3/c19-16(18-4-2-1-3-14(18)17(20)21)15-12-6-10-5-11(8-12)9-13(15)7-10/h10-15H,1-9H2,(H,20,21). The topological polar surface area (TPSA) is 57.6 Å². The first-order valence-corrected chi connectivity index (χ1v) is 8.66. The highest BCUT2D eigenvalue weighted by atomic mass is 16.4. The largest absolute Gasteiger partial charge is 0.480 e. The molecule has 4 saturated carbocycles. The molecule has 0 aromatic heterocycles. The van der Waals surface area contributed by atoms with Crippen molar-refractivity contribution in [1.82, 2.24) is 4.90 Å². The first-order chi connectivity index (χ1) is 10.1. The van der Waals surface area contributed by atoms with Crippen LogP contribution in [0.3, 0.4) is 0 Å². The van der Waals surface area contributed by atoms with Gasteiger partial charge >= 0.3 is 5.97 Å². The van der Waals surface area contributed by atoms with E-state index in [2.05, 4.69) is 0 Å². The molecule has 5 aliphatic rings. The molecule has 4 aliphatic carbocycles. The number of carboxylic acid groups (broad SMARTS) is 1. The molecule has 1 aliphatic heterocycles. The lowest BCUT2D eigenvalue weighted by Crippen LogP contribution is -2.56. The van der Waals surface area contributed by atoms with Crippen LogP contribution in [-0.2, 0) is 9.59 Å². The average Bonchev–Trinajstić information content (AvgIpc) is 2.46. The second kappa shape index (κ2) is 4.99. The molecule has 4 bridgehead atoms. The fraction of sp³-hybridized carbons (Fsp3) is 0.882. The average molecular weight is 291 g/mol. The van der Waals surface area contributed by atoms with Crippen LogP contribution in [0.25, 0.3) is 0 Å². The monoisotopic (exact) mass is 291 g/mol. The maximum absolute atomic E-state index is 13.1. The Bertz CT molecular complexity index is 433. The van der Waals surface area contributed by atoms with Crippen LogP contribution in [0, 0.1) is 29.6 Å². The molecule has 0 spiro atoms. The maximum atomic E-state index is 13.1. The van der Waals surface area contributed by atoms with E-state index in [1.807, 2.05) is 0 Å². The van der Waals surface area contributed by atoms with Crippen LogP contribution < -0.4 is 0 Å². The van der Waals surface area contributed by atoms with E-state index in [0.717, 1.165) is 24.7 Å². The van der Waals surface area contributed by atoms with E-state index in [1.165, 1.54) is 32.1 Å². The van der Waals surface area contributed by atoms with E-state index in [9.17, 15) is 14.7 Å². The van der Waals surface area contributed by atoms with Gasteiger partial charge in [-0.3, -0.25) is 4.79 Å². The summed E-state index contributed by atoms with van der Waals surface area (Å²) in [6.07, 6.45) is 8.78. The summed E-state index contributed by atoms with van der Waals surface area (Å²) >= 11 is 0. The van der Waals surface area contributed by atoms with Crippen molar-refractivity contribution >= 4 is 11.9 Å². The smallest absolute Gasteiger partial charge is 0.326 e. The molecule has 0 aromatic carbocycles. The number of carbonyl (C=O) groups excluding carboxylic acids is 1.